The van der Waals surface area contributed by atoms with Gasteiger partial charge in [-0.15, -0.1) is 0 Å². The van der Waals surface area contributed by atoms with E-state index >= 15 is 0 Å². The molecule has 0 unspecified atom stereocenters. The first-order valence-corrected chi connectivity index (χ1v) is 6.80. The number of methoxy groups -OCH3 is 1. The van der Waals surface area contributed by atoms with Gasteiger partial charge in [0.2, 0.25) is 11.1 Å². The molecule has 0 spiro atoms. The van der Waals surface area contributed by atoms with Gasteiger partial charge in [0.05, 0.1) is 12.1 Å². The van der Waals surface area contributed by atoms with E-state index in [1.807, 2.05) is 0 Å². The first kappa shape index (κ1) is 14.2. The Bertz CT molecular complexity index is 575. The number of rotatable bonds is 4. The summed E-state index contributed by atoms with van der Waals surface area (Å²) in [5, 5.41) is 4.49. The Morgan fingerprint density at radius 3 is 2.68 bits per heavy atom. The van der Waals surface area contributed by atoms with Gasteiger partial charge in [-0.25, -0.2) is 0 Å². The molecule has 100 valence electrons. The number of hydrogen-bond acceptors (Lipinski definition) is 6. The molecule has 0 aliphatic rings. The Balaban J connectivity index is 2.34. The van der Waals surface area contributed by atoms with Gasteiger partial charge in [-0.3, -0.25) is 0 Å². The summed E-state index contributed by atoms with van der Waals surface area (Å²) in [6.45, 7) is 0. The third-order valence-electron chi connectivity index (χ3n) is 2.10. The number of nitrogens with one attached hydrogen (secondary N) is 1. The molecule has 2 rings (SSSR count). The van der Waals surface area contributed by atoms with Crippen molar-refractivity contribution in [2.45, 2.75) is 10.1 Å². The number of benzene rings is 1. The second-order valence-corrected chi connectivity index (χ2v) is 5.21. The molecule has 0 aliphatic carbocycles. The summed E-state index contributed by atoms with van der Waals surface area (Å²) in [7, 11) is 3.21. The zero-order valence-electron chi connectivity index (χ0n) is 10.1. The maximum Gasteiger partial charge on any atom is 0.321 e. The fraction of sp³-hybridized carbons (Fsp3) is 0.182. The molecule has 1 aromatic carbocycles. The normalized spacial score (nSPS) is 10.3. The molecule has 1 aromatic heterocycles. The van der Waals surface area contributed by atoms with Crippen molar-refractivity contribution in [1.82, 2.24) is 15.0 Å². The van der Waals surface area contributed by atoms with Gasteiger partial charge in [-0.1, -0.05) is 23.2 Å². The van der Waals surface area contributed by atoms with Crippen LogP contribution in [-0.4, -0.2) is 29.1 Å². The van der Waals surface area contributed by atoms with E-state index in [1.165, 1.54) is 18.9 Å². The van der Waals surface area contributed by atoms with Gasteiger partial charge in [0.25, 0.3) is 0 Å². The van der Waals surface area contributed by atoms with Crippen LogP contribution in [-0.2, 0) is 0 Å². The minimum atomic E-state index is 0.236. The van der Waals surface area contributed by atoms with Crippen molar-refractivity contribution in [3.8, 4) is 6.01 Å². The van der Waals surface area contributed by atoms with Crippen LogP contribution in [0.3, 0.4) is 0 Å². The van der Waals surface area contributed by atoms with E-state index < -0.39 is 0 Å². The number of hydrogen-bond donors (Lipinski definition) is 1. The molecule has 0 saturated carbocycles. The fourth-order valence-corrected chi connectivity index (χ4v) is 2.51. The standard InChI is InChI=1S/C11H10Cl2N4OS/c1-14-9-15-10(18-2)17-11(16-9)19-8-5-6(12)3-4-7(8)13/h3-5H,1-2H3,(H,14,15,16,17). The van der Waals surface area contributed by atoms with Crippen molar-refractivity contribution < 1.29 is 4.74 Å². The highest BCUT2D eigenvalue weighted by atomic mass is 35.5. The van der Waals surface area contributed by atoms with Gasteiger partial charge in [0, 0.05) is 17.0 Å². The summed E-state index contributed by atoms with van der Waals surface area (Å²) in [6, 6.07) is 5.44. The van der Waals surface area contributed by atoms with Crippen molar-refractivity contribution in [3.63, 3.8) is 0 Å². The van der Waals surface area contributed by atoms with Crippen LogP contribution in [0.15, 0.2) is 28.3 Å². The highest BCUT2D eigenvalue weighted by Crippen LogP contribution is 2.34. The van der Waals surface area contributed by atoms with E-state index in [0.29, 0.717) is 21.2 Å². The summed E-state index contributed by atoms with van der Waals surface area (Å²) >= 11 is 13.3. The second kappa shape index (κ2) is 6.27. The van der Waals surface area contributed by atoms with E-state index in [1.54, 1.807) is 25.2 Å². The third-order valence-corrected chi connectivity index (χ3v) is 3.69. The maximum absolute atomic E-state index is 6.10. The van der Waals surface area contributed by atoms with Gasteiger partial charge < -0.3 is 10.1 Å². The Morgan fingerprint density at radius 2 is 2.00 bits per heavy atom. The lowest BCUT2D eigenvalue weighted by atomic mass is 10.4. The van der Waals surface area contributed by atoms with Gasteiger partial charge in [-0.2, -0.15) is 15.0 Å². The Hall–Kier alpha value is -1.24. The smallest absolute Gasteiger partial charge is 0.321 e. The SMILES string of the molecule is CNc1nc(OC)nc(Sc2cc(Cl)ccc2Cl)n1. The minimum absolute atomic E-state index is 0.236. The van der Waals surface area contributed by atoms with Gasteiger partial charge in [-0.05, 0) is 30.0 Å². The molecular weight excluding hydrogens is 307 g/mol. The maximum atomic E-state index is 6.10. The summed E-state index contributed by atoms with van der Waals surface area (Å²) in [6.07, 6.45) is 0. The third kappa shape index (κ3) is 3.62. The molecule has 0 saturated heterocycles. The monoisotopic (exact) mass is 316 g/mol. The molecule has 5 nitrogen and oxygen atoms in total. The molecular formula is C11H10Cl2N4OS. The Labute approximate surface area is 124 Å². The van der Waals surface area contributed by atoms with Gasteiger partial charge >= 0.3 is 6.01 Å². The minimum Gasteiger partial charge on any atom is -0.467 e. The molecule has 0 radical (unpaired) electrons. The highest BCUT2D eigenvalue weighted by molar-refractivity contribution is 7.99. The van der Waals surface area contributed by atoms with Gasteiger partial charge in [0.1, 0.15) is 0 Å². The molecule has 0 aliphatic heterocycles. The number of ether oxygens (including phenoxy) is 1. The van der Waals surface area contributed by atoms with Crippen LogP contribution < -0.4 is 10.1 Å². The summed E-state index contributed by atoms with van der Waals surface area (Å²) in [5.74, 6) is 0.424. The van der Waals surface area contributed by atoms with Crippen molar-refractivity contribution in [1.29, 1.82) is 0 Å². The Morgan fingerprint density at radius 1 is 1.21 bits per heavy atom. The first-order valence-electron chi connectivity index (χ1n) is 5.23. The predicted molar refractivity (Wildman–Crippen MR) is 76.5 cm³/mol. The second-order valence-electron chi connectivity index (χ2n) is 3.36. The average molecular weight is 317 g/mol. The Kier molecular flexibility index (Phi) is 4.68. The summed E-state index contributed by atoms with van der Waals surface area (Å²) in [5.41, 5.74) is 0. The number of anilines is 1. The zero-order valence-corrected chi connectivity index (χ0v) is 12.5. The molecule has 1 N–H and O–H groups in total. The van der Waals surface area contributed by atoms with Gasteiger partial charge in [0.15, 0.2) is 0 Å². The molecule has 0 bridgehead atoms. The number of halogens is 2. The molecule has 2 aromatic rings. The molecule has 0 fully saturated rings. The van der Waals surface area contributed by atoms with E-state index in [4.69, 9.17) is 27.9 Å². The highest BCUT2D eigenvalue weighted by Gasteiger charge is 2.10. The lowest BCUT2D eigenvalue weighted by molar-refractivity contribution is 0.374. The van der Waals surface area contributed by atoms with E-state index in [2.05, 4.69) is 20.3 Å². The lowest BCUT2D eigenvalue weighted by Gasteiger charge is -2.06. The molecule has 19 heavy (non-hydrogen) atoms. The van der Waals surface area contributed by atoms with Crippen molar-refractivity contribution in [2.24, 2.45) is 0 Å². The number of nitrogens with zero attached hydrogens (tertiary/aromatic N) is 3. The summed E-state index contributed by atoms with van der Waals surface area (Å²) < 4.78 is 5.01. The quantitative estimate of drug-likeness (QED) is 0.933. The van der Waals surface area contributed by atoms with Crippen LogP contribution in [0.2, 0.25) is 10.0 Å². The topological polar surface area (TPSA) is 59.9 Å². The fourth-order valence-electron chi connectivity index (χ4n) is 1.24. The van der Waals surface area contributed by atoms with Crippen LogP contribution in [0.4, 0.5) is 5.95 Å². The molecule has 0 atom stereocenters. The largest absolute Gasteiger partial charge is 0.467 e. The molecule has 1 heterocycles. The number of aromatic nitrogens is 3. The van der Waals surface area contributed by atoms with E-state index in [0.717, 1.165) is 4.90 Å². The lowest BCUT2D eigenvalue weighted by Crippen LogP contribution is -2.02. The first-order chi connectivity index (χ1) is 9.12. The van der Waals surface area contributed by atoms with Crippen LogP contribution in [0.1, 0.15) is 0 Å². The zero-order chi connectivity index (χ0) is 13.8. The van der Waals surface area contributed by atoms with Crippen LogP contribution in [0, 0.1) is 0 Å². The molecule has 0 amide bonds. The van der Waals surface area contributed by atoms with Crippen molar-refractivity contribution in [2.75, 3.05) is 19.5 Å². The summed E-state index contributed by atoms with van der Waals surface area (Å²) in [4.78, 5) is 13.1. The predicted octanol–water partition coefficient (Wildman–Crippen LogP) is 3.38. The van der Waals surface area contributed by atoms with Crippen LogP contribution in [0.25, 0.3) is 0 Å². The molecule has 8 heteroatoms. The van der Waals surface area contributed by atoms with Crippen LogP contribution in [0.5, 0.6) is 6.01 Å². The van der Waals surface area contributed by atoms with E-state index in [9.17, 15) is 0 Å². The van der Waals surface area contributed by atoms with Crippen LogP contribution >= 0.6 is 35.0 Å². The average Bonchev–Trinajstić information content (AvgIpc) is 2.42. The van der Waals surface area contributed by atoms with Crippen molar-refractivity contribution >= 4 is 40.9 Å². The van der Waals surface area contributed by atoms with Crippen molar-refractivity contribution in [3.05, 3.63) is 28.2 Å². The van der Waals surface area contributed by atoms with E-state index in [-0.39, 0.29) is 6.01 Å².